The van der Waals surface area contributed by atoms with Gasteiger partial charge < -0.3 is 10.4 Å². The highest BCUT2D eigenvalue weighted by Crippen LogP contribution is 2.21. The van der Waals surface area contributed by atoms with Crippen LogP contribution in [0.4, 0.5) is 5.69 Å². The fourth-order valence-corrected chi connectivity index (χ4v) is 2.04. The van der Waals surface area contributed by atoms with Gasteiger partial charge in [-0.1, -0.05) is 30.3 Å². The summed E-state index contributed by atoms with van der Waals surface area (Å²) in [5.74, 6) is 0.314. The maximum Gasteiger partial charge on any atom is 0.120 e. The highest BCUT2D eigenvalue weighted by Gasteiger charge is 2.01. The van der Waals surface area contributed by atoms with Gasteiger partial charge >= 0.3 is 0 Å². The first-order valence-electron chi connectivity index (χ1n) is 6.43. The molecule has 100 valence electrons. The van der Waals surface area contributed by atoms with Crippen molar-refractivity contribution in [2.45, 2.75) is 6.54 Å². The number of nitrogens with zero attached hydrogens (tertiary/aromatic N) is 1. The predicted octanol–water partition coefficient (Wildman–Crippen LogP) is 3.39. The van der Waals surface area contributed by atoms with Gasteiger partial charge in [-0.3, -0.25) is 5.10 Å². The highest BCUT2D eigenvalue weighted by molar-refractivity contribution is 5.62. The molecular weight excluding hydrogens is 250 g/mol. The van der Waals surface area contributed by atoms with Crippen LogP contribution in [0, 0.1) is 0 Å². The Morgan fingerprint density at radius 3 is 2.50 bits per heavy atom. The maximum absolute atomic E-state index is 9.71. The second-order valence-electron chi connectivity index (χ2n) is 4.53. The smallest absolute Gasteiger partial charge is 0.120 e. The average Bonchev–Trinajstić information content (AvgIpc) is 3.01. The lowest BCUT2D eigenvalue weighted by Crippen LogP contribution is -1.99. The van der Waals surface area contributed by atoms with Crippen LogP contribution in [-0.2, 0) is 6.54 Å². The first kappa shape index (κ1) is 12.3. The zero-order valence-electron chi connectivity index (χ0n) is 10.9. The Morgan fingerprint density at radius 1 is 1.00 bits per heavy atom. The number of aromatic amines is 1. The van der Waals surface area contributed by atoms with Gasteiger partial charge in [-0.2, -0.15) is 5.10 Å². The summed E-state index contributed by atoms with van der Waals surface area (Å²) < 4.78 is 0. The Kier molecular flexibility index (Phi) is 3.37. The summed E-state index contributed by atoms with van der Waals surface area (Å²) in [7, 11) is 0. The van der Waals surface area contributed by atoms with Gasteiger partial charge in [0.05, 0.1) is 5.69 Å². The van der Waals surface area contributed by atoms with Crippen molar-refractivity contribution in [3.63, 3.8) is 0 Å². The summed E-state index contributed by atoms with van der Waals surface area (Å²) in [6.45, 7) is 0.593. The summed E-state index contributed by atoms with van der Waals surface area (Å²) in [4.78, 5) is 0. The minimum atomic E-state index is 0.314. The van der Waals surface area contributed by atoms with E-state index in [0.717, 1.165) is 22.5 Å². The molecule has 3 rings (SSSR count). The number of hydrogen-bond donors (Lipinski definition) is 3. The molecule has 2 aromatic carbocycles. The quantitative estimate of drug-likeness (QED) is 0.677. The number of phenolic OH excluding ortho intramolecular Hbond substituents is 1. The normalized spacial score (nSPS) is 10.4. The standard InChI is InChI=1S/C16H15N3O/c20-16-4-2-1-3-13(16)11-17-14-7-5-12(6-8-14)15-9-10-18-19-15/h1-10,17,20H,11H2,(H,18,19). The molecular formula is C16H15N3O. The number of nitrogens with one attached hydrogen (secondary N) is 2. The van der Waals surface area contributed by atoms with Crippen LogP contribution in [0.2, 0.25) is 0 Å². The predicted molar refractivity (Wildman–Crippen MR) is 79.5 cm³/mol. The molecule has 4 heteroatoms. The first-order chi connectivity index (χ1) is 9.83. The van der Waals surface area contributed by atoms with Crippen molar-refractivity contribution < 1.29 is 5.11 Å². The molecule has 3 aromatic rings. The number of rotatable bonds is 4. The number of benzene rings is 2. The van der Waals surface area contributed by atoms with E-state index in [9.17, 15) is 5.11 Å². The minimum Gasteiger partial charge on any atom is -0.508 e. The maximum atomic E-state index is 9.71. The Balaban J connectivity index is 1.68. The SMILES string of the molecule is Oc1ccccc1CNc1ccc(-c2ccn[nH]2)cc1. The Morgan fingerprint density at radius 2 is 1.80 bits per heavy atom. The van der Waals surface area contributed by atoms with Crippen LogP contribution in [-0.4, -0.2) is 15.3 Å². The van der Waals surface area contributed by atoms with Crippen molar-refractivity contribution in [3.05, 3.63) is 66.4 Å². The molecule has 0 unspecified atom stereocenters. The third kappa shape index (κ3) is 2.64. The number of aromatic hydroxyl groups is 1. The molecule has 3 N–H and O–H groups in total. The van der Waals surface area contributed by atoms with Crippen molar-refractivity contribution in [1.82, 2.24) is 10.2 Å². The second kappa shape index (κ2) is 5.48. The molecule has 4 nitrogen and oxygen atoms in total. The molecule has 0 aliphatic heterocycles. The van der Waals surface area contributed by atoms with Gasteiger partial charge in [-0.15, -0.1) is 0 Å². The fraction of sp³-hybridized carbons (Fsp3) is 0.0625. The van der Waals surface area contributed by atoms with Crippen molar-refractivity contribution >= 4 is 5.69 Å². The molecule has 20 heavy (non-hydrogen) atoms. The molecule has 1 aromatic heterocycles. The number of anilines is 1. The molecule has 0 saturated heterocycles. The van der Waals surface area contributed by atoms with Gasteiger partial charge in [0.1, 0.15) is 5.75 Å². The van der Waals surface area contributed by atoms with Crippen LogP contribution in [0.25, 0.3) is 11.3 Å². The summed E-state index contributed by atoms with van der Waals surface area (Å²) in [6.07, 6.45) is 1.74. The topological polar surface area (TPSA) is 60.9 Å². The van der Waals surface area contributed by atoms with Crippen molar-refractivity contribution in [2.75, 3.05) is 5.32 Å². The number of phenols is 1. The Hall–Kier alpha value is -2.75. The van der Waals surface area contributed by atoms with E-state index in [0.29, 0.717) is 12.3 Å². The van der Waals surface area contributed by atoms with Crippen LogP contribution < -0.4 is 5.32 Å². The lowest BCUT2D eigenvalue weighted by atomic mass is 10.1. The van der Waals surface area contributed by atoms with Gasteiger partial charge in [0.2, 0.25) is 0 Å². The van der Waals surface area contributed by atoms with Crippen molar-refractivity contribution in [1.29, 1.82) is 0 Å². The lowest BCUT2D eigenvalue weighted by Gasteiger charge is -2.08. The van der Waals surface area contributed by atoms with E-state index in [1.165, 1.54) is 0 Å². The summed E-state index contributed by atoms with van der Waals surface area (Å²) >= 11 is 0. The third-order valence-corrected chi connectivity index (χ3v) is 3.17. The van der Waals surface area contributed by atoms with Crippen molar-refractivity contribution in [2.24, 2.45) is 0 Å². The van der Waals surface area contributed by atoms with Crippen LogP contribution in [0.3, 0.4) is 0 Å². The number of aromatic nitrogens is 2. The second-order valence-corrected chi connectivity index (χ2v) is 4.53. The van der Waals surface area contributed by atoms with E-state index in [1.807, 2.05) is 48.5 Å². The van der Waals surface area contributed by atoms with Crippen LogP contribution in [0.15, 0.2) is 60.8 Å². The summed E-state index contributed by atoms with van der Waals surface area (Å²) in [5, 5.41) is 19.9. The van der Waals surface area contributed by atoms with Gasteiger partial charge in [0.25, 0.3) is 0 Å². The molecule has 0 amide bonds. The highest BCUT2D eigenvalue weighted by atomic mass is 16.3. The summed E-state index contributed by atoms with van der Waals surface area (Å²) in [6, 6.07) is 17.3. The number of H-pyrrole nitrogens is 1. The Labute approximate surface area is 117 Å². The zero-order chi connectivity index (χ0) is 13.8. The van der Waals surface area contributed by atoms with Crippen LogP contribution >= 0.6 is 0 Å². The van der Waals surface area contributed by atoms with Crippen LogP contribution in [0.5, 0.6) is 5.75 Å². The van der Waals surface area contributed by atoms with E-state index in [2.05, 4.69) is 15.5 Å². The van der Waals surface area contributed by atoms with Crippen molar-refractivity contribution in [3.8, 4) is 17.0 Å². The number of para-hydroxylation sites is 1. The molecule has 0 aliphatic carbocycles. The Bertz CT molecular complexity index is 675. The molecule has 0 spiro atoms. The average molecular weight is 265 g/mol. The third-order valence-electron chi connectivity index (χ3n) is 3.17. The fourth-order valence-electron chi connectivity index (χ4n) is 2.04. The summed E-state index contributed by atoms with van der Waals surface area (Å²) in [5.41, 5.74) is 3.98. The monoisotopic (exact) mass is 265 g/mol. The molecule has 0 radical (unpaired) electrons. The minimum absolute atomic E-state index is 0.314. The van der Waals surface area contributed by atoms with E-state index < -0.39 is 0 Å². The van der Waals surface area contributed by atoms with E-state index in [1.54, 1.807) is 12.3 Å². The van der Waals surface area contributed by atoms with E-state index >= 15 is 0 Å². The van der Waals surface area contributed by atoms with Crippen LogP contribution in [0.1, 0.15) is 5.56 Å². The lowest BCUT2D eigenvalue weighted by molar-refractivity contribution is 0.469. The van der Waals surface area contributed by atoms with Gasteiger partial charge in [-0.25, -0.2) is 0 Å². The van der Waals surface area contributed by atoms with E-state index in [4.69, 9.17) is 0 Å². The zero-order valence-corrected chi connectivity index (χ0v) is 10.9. The van der Waals surface area contributed by atoms with Gasteiger partial charge in [0.15, 0.2) is 0 Å². The molecule has 0 aliphatic rings. The largest absolute Gasteiger partial charge is 0.508 e. The molecule has 0 bridgehead atoms. The van der Waals surface area contributed by atoms with E-state index in [-0.39, 0.29) is 0 Å². The molecule has 0 atom stereocenters. The first-order valence-corrected chi connectivity index (χ1v) is 6.43. The number of hydrogen-bond acceptors (Lipinski definition) is 3. The molecule has 0 fully saturated rings. The molecule has 1 heterocycles. The van der Waals surface area contributed by atoms with Gasteiger partial charge in [-0.05, 0) is 29.8 Å². The van der Waals surface area contributed by atoms with Gasteiger partial charge in [0, 0.05) is 24.0 Å². The molecule has 0 saturated carbocycles.